The number of aryl methyl sites for hydroxylation is 4. The summed E-state index contributed by atoms with van der Waals surface area (Å²) in [6, 6.07) is 4.54. The Hall–Kier alpha value is -6.96. The first-order chi connectivity index (χ1) is 29.0. The second-order valence-corrected chi connectivity index (χ2v) is 15.8. The molecule has 19 nitrogen and oxygen atoms in total. The van der Waals surface area contributed by atoms with Crippen molar-refractivity contribution in [2.24, 2.45) is 16.5 Å². The minimum absolute atomic E-state index is 0.0238. The summed E-state index contributed by atoms with van der Waals surface area (Å²) in [5, 5.41) is 2.83. The molecule has 0 spiro atoms. The summed E-state index contributed by atoms with van der Waals surface area (Å²) in [6.45, 7) is 12.6. The Bertz CT molecular complexity index is 2780. The summed E-state index contributed by atoms with van der Waals surface area (Å²) >= 11 is 1.14. The van der Waals surface area contributed by atoms with Crippen molar-refractivity contribution in [2.75, 3.05) is 11.9 Å². The molecule has 0 atom stereocenters. The number of carbonyl (C=O) groups is 5. The second-order valence-electron chi connectivity index (χ2n) is 14.8. The van der Waals surface area contributed by atoms with Crippen LogP contribution in [0, 0.1) is 13.8 Å². The van der Waals surface area contributed by atoms with Crippen molar-refractivity contribution in [3.63, 3.8) is 0 Å². The van der Waals surface area contributed by atoms with Crippen molar-refractivity contribution in [1.82, 2.24) is 29.1 Å². The summed E-state index contributed by atoms with van der Waals surface area (Å²) in [6.07, 6.45) is 6.20. The van der Waals surface area contributed by atoms with E-state index < -0.39 is 29.2 Å². The average Bonchev–Trinajstić information content (AvgIpc) is 3.96. The maximum atomic E-state index is 13.7. The molecule has 0 aliphatic carbocycles. The third-order valence-electron chi connectivity index (χ3n) is 8.94. The number of nitrogens with two attached hydrogens (primary N) is 2. The van der Waals surface area contributed by atoms with Gasteiger partial charge in [-0.3, -0.25) is 33.9 Å². The van der Waals surface area contributed by atoms with E-state index in [1.165, 1.54) is 18.3 Å². The van der Waals surface area contributed by atoms with Gasteiger partial charge in [-0.05, 0) is 58.2 Å². The number of pyridine rings is 1. The fourth-order valence-corrected chi connectivity index (χ4v) is 7.34. The molecule has 5 aromatic heterocycles. The lowest BCUT2D eigenvalue weighted by atomic mass is 10.1. The highest BCUT2D eigenvalue weighted by atomic mass is 32.1. The largest absolute Gasteiger partial charge is 0.491 e. The SMILES string of the molecule is CCc1nc(C)oc1C(=O)N=c1sc2cc(C(N)=O)cnc2n1C/C=C/Cn1c(NC(=O)c2oc(C)nc2CC)nc2cc(C(N)=O)cc(OCCCC(=O)OC(C)(C)C)c21. The molecule has 320 valence electrons. The normalized spacial score (nSPS) is 12.1. The Balaban J connectivity index is 1.38. The predicted octanol–water partition coefficient (Wildman–Crippen LogP) is 5.11. The van der Waals surface area contributed by atoms with Crippen LogP contribution in [0.15, 0.2) is 50.4 Å². The number of aromatic nitrogens is 6. The molecule has 0 unspecified atom stereocenters. The Kier molecular flexibility index (Phi) is 13.0. The van der Waals surface area contributed by atoms with Gasteiger partial charge in [0.2, 0.25) is 29.3 Å². The highest BCUT2D eigenvalue weighted by molar-refractivity contribution is 7.16. The highest BCUT2D eigenvalue weighted by Crippen LogP contribution is 2.32. The maximum Gasteiger partial charge on any atom is 0.317 e. The summed E-state index contributed by atoms with van der Waals surface area (Å²) in [4.78, 5) is 86.3. The van der Waals surface area contributed by atoms with Crippen molar-refractivity contribution in [1.29, 1.82) is 0 Å². The molecule has 0 aliphatic rings. The first-order valence-corrected chi connectivity index (χ1v) is 20.2. The van der Waals surface area contributed by atoms with Gasteiger partial charge in [-0.15, -0.1) is 0 Å². The molecule has 61 heavy (non-hydrogen) atoms. The zero-order valence-electron chi connectivity index (χ0n) is 34.8. The van der Waals surface area contributed by atoms with Crippen LogP contribution in [-0.2, 0) is 35.5 Å². The molecule has 5 heterocycles. The first-order valence-electron chi connectivity index (χ1n) is 19.4. The van der Waals surface area contributed by atoms with E-state index >= 15 is 0 Å². The second kappa shape index (κ2) is 18.1. The molecule has 1 aromatic carbocycles. The summed E-state index contributed by atoms with van der Waals surface area (Å²) in [7, 11) is 0. The van der Waals surface area contributed by atoms with Crippen LogP contribution in [0.1, 0.15) is 112 Å². The van der Waals surface area contributed by atoms with Crippen molar-refractivity contribution in [3.8, 4) is 5.75 Å². The summed E-state index contributed by atoms with van der Waals surface area (Å²) in [5.74, 6) is -2.00. The molecule has 0 bridgehead atoms. The Morgan fingerprint density at radius 2 is 1.52 bits per heavy atom. The van der Waals surface area contributed by atoms with Gasteiger partial charge in [0, 0.05) is 45.1 Å². The lowest BCUT2D eigenvalue weighted by Crippen LogP contribution is -2.24. The molecule has 0 aliphatic heterocycles. The average molecular weight is 855 g/mol. The van der Waals surface area contributed by atoms with Gasteiger partial charge >= 0.3 is 11.9 Å². The van der Waals surface area contributed by atoms with Gasteiger partial charge in [-0.1, -0.05) is 37.3 Å². The Labute approximate surface area is 352 Å². The fourth-order valence-electron chi connectivity index (χ4n) is 6.31. The number of benzene rings is 1. The summed E-state index contributed by atoms with van der Waals surface area (Å²) < 4.78 is 26.8. The standard InChI is InChI=1S/C41H46N10O9S/c1-8-25-32(58-21(3)45-25)37(55)48-39-47-27-17-23(34(42)53)18-28(57-16-12-13-30(52)60-41(5,6)7)31(27)50(39)14-10-11-15-51-36-29(19-24(20-44-36)35(43)54)61-40(51)49-38(56)33-26(9-2)46-22(4)59-33/h10-11,17-20H,8-9,12-16H2,1-7H3,(H2,42,53)(H2,43,54)(H,47,48,55)/b11-10+,49-40?. The van der Waals surface area contributed by atoms with E-state index in [9.17, 15) is 24.0 Å². The van der Waals surface area contributed by atoms with Crippen molar-refractivity contribution < 1.29 is 42.3 Å². The first kappa shape index (κ1) is 43.6. The van der Waals surface area contributed by atoms with Crippen LogP contribution in [0.25, 0.3) is 21.4 Å². The number of ether oxygens (including phenoxy) is 2. The van der Waals surface area contributed by atoms with Crippen LogP contribution < -0.4 is 26.3 Å². The van der Waals surface area contributed by atoms with Crippen LogP contribution >= 0.6 is 11.3 Å². The van der Waals surface area contributed by atoms with E-state index in [2.05, 4.69) is 30.2 Å². The molecular formula is C41H46N10O9S. The van der Waals surface area contributed by atoms with Gasteiger partial charge in [0.1, 0.15) is 16.9 Å². The number of hydrogen-bond acceptors (Lipinski definition) is 14. The van der Waals surface area contributed by atoms with E-state index in [4.69, 9.17) is 29.8 Å². The molecule has 0 saturated heterocycles. The van der Waals surface area contributed by atoms with Crippen LogP contribution in [0.2, 0.25) is 0 Å². The number of imidazole rings is 1. The molecule has 6 aromatic rings. The number of fused-ring (bicyclic) bond motifs is 2. The van der Waals surface area contributed by atoms with Crippen molar-refractivity contribution >= 4 is 68.3 Å². The Morgan fingerprint density at radius 1 is 0.885 bits per heavy atom. The molecule has 5 N–H and O–H groups in total. The van der Waals surface area contributed by atoms with Gasteiger partial charge < -0.3 is 34.3 Å². The van der Waals surface area contributed by atoms with E-state index in [0.717, 1.165) is 11.3 Å². The van der Waals surface area contributed by atoms with E-state index in [0.29, 0.717) is 58.3 Å². The summed E-state index contributed by atoms with van der Waals surface area (Å²) in [5.41, 5.74) is 13.0. The highest BCUT2D eigenvalue weighted by Gasteiger charge is 2.24. The lowest BCUT2D eigenvalue weighted by molar-refractivity contribution is -0.155. The third-order valence-corrected chi connectivity index (χ3v) is 9.96. The monoisotopic (exact) mass is 854 g/mol. The number of thiazole rings is 1. The number of allylic oxidation sites excluding steroid dienone is 2. The lowest BCUT2D eigenvalue weighted by Gasteiger charge is -2.19. The van der Waals surface area contributed by atoms with Gasteiger partial charge in [0.25, 0.3) is 5.91 Å². The number of amides is 4. The number of oxazole rings is 2. The predicted molar refractivity (Wildman–Crippen MR) is 223 cm³/mol. The van der Waals surface area contributed by atoms with Crippen molar-refractivity contribution in [3.05, 3.63) is 87.2 Å². The van der Waals surface area contributed by atoms with E-state index in [-0.39, 0.29) is 76.7 Å². The third kappa shape index (κ3) is 10.1. The van der Waals surface area contributed by atoms with Gasteiger partial charge in [-0.2, -0.15) is 4.99 Å². The Morgan fingerprint density at radius 3 is 2.16 bits per heavy atom. The van der Waals surface area contributed by atoms with Crippen LogP contribution in [0.5, 0.6) is 5.75 Å². The number of carbonyl (C=O) groups excluding carboxylic acids is 5. The molecule has 20 heteroatoms. The van der Waals surface area contributed by atoms with E-state index in [1.54, 1.807) is 62.0 Å². The van der Waals surface area contributed by atoms with Crippen LogP contribution in [0.3, 0.4) is 0 Å². The number of hydrogen-bond donors (Lipinski definition) is 3. The minimum atomic E-state index is -0.731. The number of anilines is 1. The minimum Gasteiger partial charge on any atom is -0.491 e. The van der Waals surface area contributed by atoms with E-state index in [1.807, 2.05) is 13.8 Å². The molecule has 4 amide bonds. The zero-order chi connectivity index (χ0) is 44.2. The molecular weight excluding hydrogens is 809 g/mol. The number of rotatable bonds is 16. The van der Waals surface area contributed by atoms with Crippen molar-refractivity contribution in [2.45, 2.75) is 92.8 Å². The molecule has 0 fully saturated rings. The number of nitrogens with zero attached hydrogens (tertiary/aromatic N) is 7. The smallest absolute Gasteiger partial charge is 0.317 e. The molecule has 0 radical (unpaired) electrons. The maximum absolute atomic E-state index is 13.7. The fraction of sp³-hybridized carbons (Fsp3) is 0.366. The number of esters is 1. The zero-order valence-corrected chi connectivity index (χ0v) is 35.6. The number of primary amides is 2. The number of nitrogens with one attached hydrogen (secondary N) is 1. The molecule has 0 saturated carbocycles. The topological polar surface area (TPSA) is 268 Å². The van der Waals surface area contributed by atoms with Gasteiger partial charge in [0.15, 0.2) is 22.2 Å². The quantitative estimate of drug-likeness (QED) is 0.0650. The molecule has 6 rings (SSSR count). The van der Waals surface area contributed by atoms with Gasteiger partial charge in [-0.25, -0.2) is 19.9 Å². The van der Waals surface area contributed by atoms with Crippen LogP contribution in [-0.4, -0.2) is 70.9 Å². The van der Waals surface area contributed by atoms with Gasteiger partial charge in [0.05, 0.1) is 33.8 Å². The van der Waals surface area contributed by atoms with Crippen LogP contribution in [0.4, 0.5) is 5.95 Å².